The molecular formula is C12H12N4O2. The molecule has 0 aliphatic rings. The van der Waals surface area contributed by atoms with Crippen LogP contribution in [0.1, 0.15) is 22.3 Å². The van der Waals surface area contributed by atoms with Gasteiger partial charge in [-0.2, -0.15) is 0 Å². The number of hydrogen-bond acceptors (Lipinski definition) is 4. The maximum absolute atomic E-state index is 11.2. The summed E-state index contributed by atoms with van der Waals surface area (Å²) < 4.78 is 4.58. The van der Waals surface area contributed by atoms with Gasteiger partial charge in [-0.25, -0.2) is 4.79 Å². The summed E-state index contributed by atoms with van der Waals surface area (Å²) in [6.07, 6.45) is 0.461. The number of nitrogens with zero attached hydrogens (tertiary/aromatic N) is 3. The Morgan fingerprint density at radius 1 is 1.61 bits per heavy atom. The molecule has 18 heavy (non-hydrogen) atoms. The molecule has 6 heteroatoms. The van der Waals surface area contributed by atoms with Gasteiger partial charge in [-0.05, 0) is 23.7 Å². The average Bonchev–Trinajstić information content (AvgIpc) is 2.39. The van der Waals surface area contributed by atoms with Crippen molar-refractivity contribution in [1.29, 1.82) is 0 Å². The van der Waals surface area contributed by atoms with E-state index in [0.29, 0.717) is 29.8 Å². The van der Waals surface area contributed by atoms with Crippen LogP contribution < -0.4 is 5.73 Å². The minimum atomic E-state index is -0.440. The monoisotopic (exact) mass is 244 g/mol. The van der Waals surface area contributed by atoms with E-state index in [4.69, 9.17) is 11.3 Å². The summed E-state index contributed by atoms with van der Waals surface area (Å²) in [5.41, 5.74) is 15.3. The van der Waals surface area contributed by atoms with E-state index in [-0.39, 0.29) is 0 Å². The van der Waals surface area contributed by atoms with Crippen LogP contribution in [-0.2, 0) is 4.74 Å². The lowest BCUT2D eigenvalue weighted by molar-refractivity contribution is 0.0601. The van der Waals surface area contributed by atoms with E-state index in [1.54, 1.807) is 12.1 Å². The van der Waals surface area contributed by atoms with Crippen LogP contribution in [0.3, 0.4) is 0 Å². The lowest BCUT2D eigenvalue weighted by atomic mass is 10.1. The van der Waals surface area contributed by atoms with Crippen LogP contribution in [0.25, 0.3) is 10.4 Å². The van der Waals surface area contributed by atoms with Gasteiger partial charge >= 0.3 is 5.97 Å². The van der Waals surface area contributed by atoms with E-state index in [2.05, 4.69) is 26.6 Å². The van der Waals surface area contributed by atoms with Crippen molar-refractivity contribution in [3.63, 3.8) is 0 Å². The van der Waals surface area contributed by atoms with Gasteiger partial charge in [0.1, 0.15) is 0 Å². The smallest absolute Gasteiger partial charge is 0.337 e. The molecule has 1 rings (SSSR count). The van der Waals surface area contributed by atoms with E-state index in [0.717, 1.165) is 0 Å². The summed E-state index contributed by atoms with van der Waals surface area (Å²) in [4.78, 5) is 13.9. The zero-order chi connectivity index (χ0) is 13.4. The molecule has 1 aromatic rings. The summed E-state index contributed by atoms with van der Waals surface area (Å²) in [5.74, 6) is 5.23. The quantitative estimate of drug-likeness (QED) is 0.167. The molecule has 0 radical (unpaired) electrons. The molecule has 0 amide bonds. The first kappa shape index (κ1) is 13.4. The largest absolute Gasteiger partial charge is 0.465 e. The first-order valence-corrected chi connectivity index (χ1v) is 5.16. The first-order chi connectivity index (χ1) is 8.69. The number of nitrogens with two attached hydrogens (primary N) is 1. The molecule has 1 aromatic carbocycles. The van der Waals surface area contributed by atoms with Gasteiger partial charge in [-0.15, -0.1) is 0 Å². The van der Waals surface area contributed by atoms with E-state index >= 15 is 0 Å². The van der Waals surface area contributed by atoms with Crippen LogP contribution in [0, 0.1) is 11.8 Å². The highest BCUT2D eigenvalue weighted by Crippen LogP contribution is 2.13. The first-order valence-electron chi connectivity index (χ1n) is 5.16. The molecule has 0 aliphatic carbocycles. The van der Waals surface area contributed by atoms with E-state index in [1.807, 2.05) is 0 Å². The van der Waals surface area contributed by atoms with Crippen molar-refractivity contribution in [3.05, 3.63) is 39.8 Å². The van der Waals surface area contributed by atoms with Gasteiger partial charge < -0.3 is 10.5 Å². The van der Waals surface area contributed by atoms with Gasteiger partial charge in [0.15, 0.2) is 0 Å². The molecular weight excluding hydrogens is 232 g/mol. The molecule has 0 unspecified atom stereocenters. The molecule has 0 spiro atoms. The zero-order valence-electron chi connectivity index (χ0n) is 9.88. The van der Waals surface area contributed by atoms with Crippen LogP contribution >= 0.6 is 0 Å². The molecule has 0 aromatic heterocycles. The number of hydrogen-bond donors (Lipinski definition) is 1. The van der Waals surface area contributed by atoms with Crippen molar-refractivity contribution < 1.29 is 9.53 Å². The van der Waals surface area contributed by atoms with Gasteiger partial charge in [-0.3, -0.25) is 0 Å². The molecule has 0 saturated heterocycles. The van der Waals surface area contributed by atoms with Crippen LogP contribution in [-0.4, -0.2) is 19.6 Å². The SMILES string of the molecule is COC(=O)c1ccc(C#CCCN=[N+]=[N-])c(N)c1. The number of ether oxygens (including phenoxy) is 1. The van der Waals surface area contributed by atoms with Crippen molar-refractivity contribution in [2.45, 2.75) is 6.42 Å². The maximum Gasteiger partial charge on any atom is 0.337 e. The van der Waals surface area contributed by atoms with Gasteiger partial charge in [0.2, 0.25) is 0 Å². The fourth-order valence-electron chi connectivity index (χ4n) is 1.23. The number of anilines is 1. The predicted molar refractivity (Wildman–Crippen MR) is 67.7 cm³/mol. The third kappa shape index (κ3) is 3.74. The number of rotatable bonds is 3. The van der Waals surface area contributed by atoms with Gasteiger partial charge in [0.05, 0.1) is 12.7 Å². The van der Waals surface area contributed by atoms with E-state index in [9.17, 15) is 4.79 Å². The second-order valence-corrected chi connectivity index (χ2v) is 3.30. The molecule has 0 fully saturated rings. The molecule has 92 valence electrons. The average molecular weight is 244 g/mol. The number of carbonyl (C=O) groups excluding carboxylic acids is 1. The molecule has 0 aliphatic heterocycles. The fourth-order valence-corrected chi connectivity index (χ4v) is 1.23. The fraction of sp³-hybridized carbons (Fsp3) is 0.250. The molecule has 2 N–H and O–H groups in total. The van der Waals surface area contributed by atoms with Crippen LogP contribution in [0.4, 0.5) is 5.69 Å². The number of benzene rings is 1. The highest BCUT2D eigenvalue weighted by Gasteiger charge is 2.06. The van der Waals surface area contributed by atoms with Gasteiger partial charge in [0.25, 0.3) is 0 Å². The Labute approximate surface area is 104 Å². The normalized spacial score (nSPS) is 8.72. The Hall–Kier alpha value is -2.64. The Balaban J connectivity index is 2.79. The molecule has 6 nitrogen and oxygen atoms in total. The minimum absolute atomic E-state index is 0.323. The highest BCUT2D eigenvalue weighted by atomic mass is 16.5. The highest BCUT2D eigenvalue weighted by molar-refractivity contribution is 5.90. The standard InChI is InChI=1S/C12H12N4O2/c1-18-12(17)10-6-5-9(11(13)8-10)4-2-3-7-15-16-14/h5-6,8H,3,7,13H2,1H3. The Morgan fingerprint density at radius 2 is 2.39 bits per heavy atom. The van der Waals surface area contributed by atoms with Crippen molar-refractivity contribution in [1.82, 2.24) is 0 Å². The summed E-state index contributed by atoms with van der Waals surface area (Å²) in [7, 11) is 1.31. The minimum Gasteiger partial charge on any atom is -0.465 e. The summed E-state index contributed by atoms with van der Waals surface area (Å²) in [6, 6.07) is 4.77. The summed E-state index contributed by atoms with van der Waals surface area (Å²) >= 11 is 0. The van der Waals surface area contributed by atoms with Crippen molar-refractivity contribution in [2.24, 2.45) is 5.11 Å². The third-order valence-electron chi connectivity index (χ3n) is 2.10. The second kappa shape index (κ2) is 6.84. The zero-order valence-corrected chi connectivity index (χ0v) is 9.88. The Bertz CT molecular complexity index is 551. The number of nitrogen functional groups attached to an aromatic ring is 1. The van der Waals surface area contributed by atoms with Crippen molar-refractivity contribution in [3.8, 4) is 11.8 Å². The summed E-state index contributed by atoms with van der Waals surface area (Å²) in [5, 5.41) is 3.36. The molecule has 0 bridgehead atoms. The van der Waals surface area contributed by atoms with Crippen LogP contribution in [0.5, 0.6) is 0 Å². The van der Waals surface area contributed by atoms with Crippen LogP contribution in [0.2, 0.25) is 0 Å². The van der Waals surface area contributed by atoms with Gasteiger partial charge in [0, 0.05) is 29.1 Å². The number of esters is 1. The number of azide groups is 1. The van der Waals surface area contributed by atoms with E-state index < -0.39 is 5.97 Å². The maximum atomic E-state index is 11.2. The Kier molecular flexibility index (Phi) is 5.10. The Morgan fingerprint density at radius 3 is 3.00 bits per heavy atom. The third-order valence-corrected chi connectivity index (χ3v) is 2.10. The number of methoxy groups -OCH3 is 1. The molecule has 0 saturated carbocycles. The van der Waals surface area contributed by atoms with Crippen molar-refractivity contribution >= 4 is 11.7 Å². The van der Waals surface area contributed by atoms with Crippen molar-refractivity contribution in [2.75, 3.05) is 19.4 Å². The summed E-state index contributed by atoms with van der Waals surface area (Å²) in [6.45, 7) is 0.323. The molecule has 0 atom stereocenters. The lowest BCUT2D eigenvalue weighted by Crippen LogP contribution is -2.02. The number of carbonyl (C=O) groups is 1. The topological polar surface area (TPSA) is 101 Å². The van der Waals surface area contributed by atoms with Crippen LogP contribution in [0.15, 0.2) is 23.3 Å². The van der Waals surface area contributed by atoms with Gasteiger partial charge in [-0.1, -0.05) is 17.0 Å². The lowest BCUT2D eigenvalue weighted by Gasteiger charge is -2.02. The molecule has 0 heterocycles. The second-order valence-electron chi connectivity index (χ2n) is 3.30. The predicted octanol–water partition coefficient (Wildman–Crippen LogP) is 2.11. The van der Waals surface area contributed by atoms with E-state index in [1.165, 1.54) is 13.2 Å².